The van der Waals surface area contributed by atoms with Crippen molar-refractivity contribution in [2.24, 2.45) is 0 Å². The van der Waals surface area contributed by atoms with E-state index in [1.54, 1.807) is 19.1 Å². The van der Waals surface area contributed by atoms with Crippen molar-refractivity contribution in [3.8, 4) is 0 Å². The normalized spacial score (nSPS) is 18.2. The first-order chi connectivity index (χ1) is 9.71. The molecule has 1 saturated carbocycles. The molecule has 0 radical (unpaired) electrons. The number of carbonyl (C=O) groups is 1. The molecule has 1 N–H and O–H groups in total. The Kier molecular flexibility index (Phi) is 4.63. The van der Waals surface area contributed by atoms with Crippen LogP contribution >= 0.6 is 10.7 Å². The lowest BCUT2D eigenvalue weighted by atomic mass is 9.83. The first-order valence-electron chi connectivity index (χ1n) is 7.09. The molecule has 0 heterocycles. The molecule has 1 amide bonds. The molecule has 4 nitrogen and oxygen atoms in total. The van der Waals surface area contributed by atoms with Crippen molar-refractivity contribution >= 4 is 25.6 Å². The van der Waals surface area contributed by atoms with E-state index in [0.29, 0.717) is 11.1 Å². The second-order valence-electron chi connectivity index (χ2n) is 5.99. The Morgan fingerprint density at radius 1 is 1.24 bits per heavy atom. The van der Waals surface area contributed by atoms with Gasteiger partial charge in [-0.2, -0.15) is 0 Å². The highest BCUT2D eigenvalue weighted by molar-refractivity contribution is 8.13. The Balaban J connectivity index is 2.24. The summed E-state index contributed by atoms with van der Waals surface area (Å²) in [6.45, 7) is 3.69. The smallest absolute Gasteiger partial charge is 0.261 e. The summed E-state index contributed by atoms with van der Waals surface area (Å²) in [7, 11) is 1.55. The molecule has 0 unspecified atom stereocenters. The zero-order valence-corrected chi connectivity index (χ0v) is 13.9. The van der Waals surface area contributed by atoms with E-state index in [2.05, 4.69) is 5.32 Å². The highest BCUT2D eigenvalue weighted by Gasteiger charge is 2.29. The minimum atomic E-state index is -3.85. The van der Waals surface area contributed by atoms with Gasteiger partial charge in [0.1, 0.15) is 0 Å². The van der Waals surface area contributed by atoms with Crippen molar-refractivity contribution in [1.82, 2.24) is 5.32 Å². The average Bonchev–Trinajstić information content (AvgIpc) is 2.38. The Morgan fingerprint density at radius 3 is 2.43 bits per heavy atom. The van der Waals surface area contributed by atoms with Gasteiger partial charge in [0.25, 0.3) is 15.0 Å². The number of halogens is 1. The van der Waals surface area contributed by atoms with Crippen LogP contribution in [0, 0.1) is 6.92 Å². The van der Waals surface area contributed by atoms with Crippen LogP contribution in [0.4, 0.5) is 0 Å². The van der Waals surface area contributed by atoms with Gasteiger partial charge in [0.2, 0.25) is 0 Å². The summed E-state index contributed by atoms with van der Waals surface area (Å²) in [4.78, 5) is 12.4. The number of aryl methyl sites for hydroxylation is 1. The molecule has 0 saturated heterocycles. The van der Waals surface area contributed by atoms with Crippen LogP contribution in [0.5, 0.6) is 0 Å². The lowest BCUT2D eigenvalue weighted by molar-refractivity contribution is 0.0882. The van der Waals surface area contributed by atoms with Crippen LogP contribution in [0.2, 0.25) is 0 Å². The third-order valence-corrected chi connectivity index (χ3v) is 5.55. The number of hydrogen-bond acceptors (Lipinski definition) is 3. The van der Waals surface area contributed by atoms with E-state index in [9.17, 15) is 13.2 Å². The number of amides is 1. The quantitative estimate of drug-likeness (QED) is 0.865. The van der Waals surface area contributed by atoms with Gasteiger partial charge in [-0.05, 0) is 44.4 Å². The maximum Gasteiger partial charge on any atom is 0.261 e. The van der Waals surface area contributed by atoms with Crippen LogP contribution in [-0.2, 0) is 9.05 Å². The molecule has 1 aliphatic rings. The third-order valence-electron chi connectivity index (χ3n) is 4.09. The summed E-state index contributed by atoms with van der Waals surface area (Å²) in [5.74, 6) is -0.249. The first kappa shape index (κ1) is 16.3. The Bertz CT molecular complexity index is 649. The zero-order valence-electron chi connectivity index (χ0n) is 12.3. The summed E-state index contributed by atoms with van der Waals surface area (Å²) < 4.78 is 23.0. The summed E-state index contributed by atoms with van der Waals surface area (Å²) in [5, 5.41) is 3.03. The third kappa shape index (κ3) is 3.98. The fourth-order valence-electron chi connectivity index (χ4n) is 2.81. The molecule has 2 rings (SSSR count). The van der Waals surface area contributed by atoms with Gasteiger partial charge >= 0.3 is 0 Å². The van der Waals surface area contributed by atoms with Crippen molar-refractivity contribution in [2.45, 2.75) is 56.4 Å². The maximum atomic E-state index is 12.4. The van der Waals surface area contributed by atoms with E-state index in [4.69, 9.17) is 10.7 Å². The van der Waals surface area contributed by atoms with Gasteiger partial charge in [-0.1, -0.05) is 25.3 Å². The largest absolute Gasteiger partial charge is 0.347 e. The molecule has 1 fully saturated rings. The van der Waals surface area contributed by atoms with Gasteiger partial charge in [0.15, 0.2) is 0 Å². The monoisotopic (exact) mass is 329 g/mol. The number of carbonyl (C=O) groups excluding carboxylic acids is 1. The molecular weight excluding hydrogens is 310 g/mol. The van der Waals surface area contributed by atoms with Crippen LogP contribution in [0.3, 0.4) is 0 Å². The fraction of sp³-hybridized carbons (Fsp3) is 0.533. The minimum Gasteiger partial charge on any atom is -0.347 e. The van der Waals surface area contributed by atoms with E-state index >= 15 is 0 Å². The molecule has 1 aromatic rings. The molecule has 0 aliphatic heterocycles. The van der Waals surface area contributed by atoms with Crippen LogP contribution in [-0.4, -0.2) is 19.9 Å². The van der Waals surface area contributed by atoms with Crippen molar-refractivity contribution in [1.29, 1.82) is 0 Å². The van der Waals surface area contributed by atoms with E-state index < -0.39 is 9.05 Å². The average molecular weight is 330 g/mol. The van der Waals surface area contributed by atoms with E-state index in [-0.39, 0.29) is 16.3 Å². The summed E-state index contributed by atoms with van der Waals surface area (Å²) in [6.07, 6.45) is 5.30. The summed E-state index contributed by atoms with van der Waals surface area (Å²) in [5.41, 5.74) is 0.650. The van der Waals surface area contributed by atoms with Crippen molar-refractivity contribution in [3.63, 3.8) is 0 Å². The number of nitrogens with one attached hydrogen (secondary N) is 1. The second kappa shape index (κ2) is 5.97. The Hall–Kier alpha value is -1.07. The predicted octanol–water partition coefficient (Wildman–Crippen LogP) is 3.38. The second-order valence-corrected chi connectivity index (χ2v) is 8.53. The summed E-state index contributed by atoms with van der Waals surface area (Å²) in [6, 6.07) is 4.58. The topological polar surface area (TPSA) is 63.2 Å². The molecule has 0 spiro atoms. The number of rotatable bonds is 3. The Morgan fingerprint density at radius 2 is 1.86 bits per heavy atom. The molecule has 0 atom stereocenters. The zero-order chi connectivity index (χ0) is 15.7. The highest BCUT2D eigenvalue weighted by Crippen LogP contribution is 2.28. The lowest BCUT2D eigenvalue weighted by Gasteiger charge is -2.34. The van der Waals surface area contributed by atoms with E-state index in [1.165, 1.54) is 12.5 Å². The lowest BCUT2D eigenvalue weighted by Crippen LogP contribution is -2.47. The van der Waals surface area contributed by atoms with Crippen molar-refractivity contribution in [2.75, 3.05) is 0 Å². The van der Waals surface area contributed by atoms with Gasteiger partial charge in [0, 0.05) is 21.8 Å². The van der Waals surface area contributed by atoms with Crippen LogP contribution in [0.15, 0.2) is 23.1 Å². The van der Waals surface area contributed by atoms with Crippen LogP contribution < -0.4 is 5.32 Å². The van der Waals surface area contributed by atoms with E-state index in [1.807, 2.05) is 6.92 Å². The van der Waals surface area contributed by atoms with Gasteiger partial charge in [-0.25, -0.2) is 8.42 Å². The molecule has 21 heavy (non-hydrogen) atoms. The van der Waals surface area contributed by atoms with E-state index in [0.717, 1.165) is 25.7 Å². The number of hydrogen-bond donors (Lipinski definition) is 1. The molecule has 6 heteroatoms. The SMILES string of the molecule is Cc1ccc(C(=O)NC2(C)CCCCC2)cc1S(=O)(=O)Cl. The molecule has 0 bridgehead atoms. The highest BCUT2D eigenvalue weighted by atomic mass is 35.7. The molecule has 116 valence electrons. The standard InChI is InChI=1S/C15H20ClNO3S/c1-11-6-7-12(10-13(11)21(16,19)20)14(18)17-15(2)8-4-3-5-9-15/h6-7,10H,3-5,8-9H2,1-2H3,(H,17,18). The Labute approximate surface area is 130 Å². The minimum absolute atomic E-state index is 0.00869. The van der Waals surface area contributed by atoms with Crippen molar-refractivity contribution in [3.05, 3.63) is 29.3 Å². The molecule has 0 aromatic heterocycles. The maximum absolute atomic E-state index is 12.4. The molecule has 1 aliphatic carbocycles. The first-order valence-corrected chi connectivity index (χ1v) is 9.40. The predicted molar refractivity (Wildman–Crippen MR) is 83.2 cm³/mol. The van der Waals surface area contributed by atoms with Crippen LogP contribution in [0.25, 0.3) is 0 Å². The fourth-order valence-corrected chi connectivity index (χ4v) is 4.03. The van der Waals surface area contributed by atoms with Gasteiger partial charge in [-0.3, -0.25) is 4.79 Å². The van der Waals surface area contributed by atoms with Gasteiger partial charge in [-0.15, -0.1) is 0 Å². The van der Waals surface area contributed by atoms with Crippen LogP contribution in [0.1, 0.15) is 54.9 Å². The van der Waals surface area contributed by atoms with Gasteiger partial charge < -0.3 is 5.32 Å². The number of benzene rings is 1. The molecular formula is C15H20ClNO3S. The summed E-state index contributed by atoms with van der Waals surface area (Å²) >= 11 is 0. The van der Waals surface area contributed by atoms with Crippen molar-refractivity contribution < 1.29 is 13.2 Å². The van der Waals surface area contributed by atoms with Gasteiger partial charge in [0.05, 0.1) is 4.90 Å². The molecule has 1 aromatic carbocycles.